The van der Waals surface area contributed by atoms with Crippen molar-refractivity contribution in [3.8, 4) is 0 Å². The summed E-state index contributed by atoms with van der Waals surface area (Å²) in [6, 6.07) is 0. The van der Waals surface area contributed by atoms with E-state index in [0.717, 1.165) is 12.8 Å². The van der Waals surface area contributed by atoms with Crippen LogP contribution in [0.3, 0.4) is 0 Å². The molecule has 1 atom stereocenters. The molecule has 0 aromatic heterocycles. The molecule has 0 radical (unpaired) electrons. The Balaban J connectivity index is 2.92. The molecule has 1 saturated carbocycles. The molecule has 2 heteroatoms. The van der Waals surface area contributed by atoms with Crippen LogP contribution in [0.2, 0.25) is 0 Å². The molecule has 0 spiro atoms. The Hall–Kier alpha value is -0.0800. The Morgan fingerprint density at radius 2 is 1.47 bits per heavy atom. The molecular formula is C13H27NO. The van der Waals surface area contributed by atoms with E-state index in [-0.39, 0.29) is 16.7 Å². The molecule has 1 unspecified atom stereocenters. The molecule has 0 aromatic carbocycles. The molecule has 3 N–H and O–H groups in total. The summed E-state index contributed by atoms with van der Waals surface area (Å²) >= 11 is 0. The van der Waals surface area contributed by atoms with Gasteiger partial charge >= 0.3 is 0 Å². The predicted molar refractivity (Wildman–Crippen MR) is 64.6 cm³/mol. The maximum absolute atomic E-state index is 10.7. The topological polar surface area (TPSA) is 46.2 Å². The van der Waals surface area contributed by atoms with Gasteiger partial charge in [-0.2, -0.15) is 0 Å². The van der Waals surface area contributed by atoms with Crippen molar-refractivity contribution < 1.29 is 5.11 Å². The summed E-state index contributed by atoms with van der Waals surface area (Å²) in [5.74, 6) is 0.191. The fourth-order valence-electron chi connectivity index (χ4n) is 3.71. The smallest absolute Gasteiger partial charge is 0.0695 e. The summed E-state index contributed by atoms with van der Waals surface area (Å²) in [5.41, 5.74) is 5.58. The molecule has 0 heterocycles. The lowest BCUT2D eigenvalue weighted by Crippen LogP contribution is -2.51. The van der Waals surface area contributed by atoms with Crippen LogP contribution in [-0.2, 0) is 0 Å². The zero-order valence-corrected chi connectivity index (χ0v) is 10.9. The highest BCUT2D eigenvalue weighted by Crippen LogP contribution is 2.52. The third-order valence-corrected chi connectivity index (χ3v) is 3.80. The van der Waals surface area contributed by atoms with E-state index in [2.05, 4.69) is 34.6 Å². The minimum atomic E-state index is -0.569. The Bertz CT molecular complexity index is 217. The van der Waals surface area contributed by atoms with Crippen LogP contribution in [0.4, 0.5) is 0 Å². The lowest BCUT2D eigenvalue weighted by atomic mass is 9.57. The maximum Gasteiger partial charge on any atom is 0.0695 e. The van der Waals surface area contributed by atoms with Crippen molar-refractivity contribution >= 4 is 0 Å². The molecule has 1 fully saturated rings. The van der Waals surface area contributed by atoms with Crippen LogP contribution in [-0.4, -0.2) is 17.3 Å². The van der Waals surface area contributed by atoms with Gasteiger partial charge in [0.25, 0.3) is 0 Å². The Morgan fingerprint density at radius 3 is 1.80 bits per heavy atom. The largest absolute Gasteiger partial charge is 0.390 e. The second-order valence-corrected chi connectivity index (χ2v) is 7.10. The van der Waals surface area contributed by atoms with Gasteiger partial charge in [-0.1, -0.05) is 34.6 Å². The Kier molecular flexibility index (Phi) is 3.24. The molecule has 1 aliphatic rings. The van der Waals surface area contributed by atoms with Crippen molar-refractivity contribution in [1.29, 1.82) is 0 Å². The fraction of sp³-hybridized carbons (Fsp3) is 1.00. The minimum absolute atomic E-state index is 0.191. The monoisotopic (exact) mass is 213 g/mol. The van der Waals surface area contributed by atoms with Gasteiger partial charge in [0.05, 0.1) is 5.60 Å². The van der Waals surface area contributed by atoms with Gasteiger partial charge in [0.2, 0.25) is 0 Å². The van der Waals surface area contributed by atoms with Crippen molar-refractivity contribution in [2.24, 2.45) is 22.5 Å². The average Bonchev–Trinajstić information content (AvgIpc) is 1.95. The molecule has 1 aliphatic carbocycles. The van der Waals surface area contributed by atoms with E-state index >= 15 is 0 Å². The van der Waals surface area contributed by atoms with Crippen molar-refractivity contribution in [3.63, 3.8) is 0 Å². The van der Waals surface area contributed by atoms with Gasteiger partial charge in [-0.3, -0.25) is 0 Å². The molecule has 1 rings (SSSR count). The van der Waals surface area contributed by atoms with Crippen LogP contribution in [0.15, 0.2) is 0 Å². The fourth-order valence-corrected chi connectivity index (χ4v) is 3.71. The highest BCUT2D eigenvalue weighted by Gasteiger charge is 2.48. The molecule has 0 aromatic rings. The second-order valence-electron chi connectivity index (χ2n) is 7.10. The first-order valence-electron chi connectivity index (χ1n) is 6.03. The van der Waals surface area contributed by atoms with E-state index in [9.17, 15) is 5.11 Å². The summed E-state index contributed by atoms with van der Waals surface area (Å²) in [6.45, 7) is 11.6. The van der Waals surface area contributed by atoms with Crippen molar-refractivity contribution in [1.82, 2.24) is 0 Å². The first kappa shape index (κ1) is 13.0. The summed E-state index contributed by atoms with van der Waals surface area (Å²) < 4.78 is 0. The number of hydrogen-bond donors (Lipinski definition) is 2. The number of hydrogen-bond acceptors (Lipinski definition) is 2. The van der Waals surface area contributed by atoms with E-state index in [1.165, 1.54) is 6.42 Å². The van der Waals surface area contributed by atoms with Crippen LogP contribution >= 0.6 is 0 Å². The molecule has 2 nitrogen and oxygen atoms in total. The van der Waals surface area contributed by atoms with Gasteiger partial charge in [-0.15, -0.1) is 0 Å². The van der Waals surface area contributed by atoms with Crippen molar-refractivity contribution in [2.75, 3.05) is 6.54 Å². The number of rotatable bonds is 2. The highest BCUT2D eigenvalue weighted by atomic mass is 16.3. The quantitative estimate of drug-likeness (QED) is 0.740. The zero-order chi connectivity index (χ0) is 11.9. The summed E-state index contributed by atoms with van der Waals surface area (Å²) in [4.78, 5) is 0. The first-order chi connectivity index (χ1) is 6.60. The zero-order valence-electron chi connectivity index (χ0n) is 10.9. The molecule has 0 bridgehead atoms. The standard InChI is InChI=1S/C13H27NO/c1-10(6-14)13(15)8-11(2,3)7-12(4,5)9-13/h10,15H,6-9,14H2,1-5H3. The van der Waals surface area contributed by atoms with Crippen LogP contribution in [0, 0.1) is 16.7 Å². The van der Waals surface area contributed by atoms with Gasteiger partial charge in [-0.05, 0) is 42.6 Å². The lowest BCUT2D eigenvalue weighted by molar-refractivity contribution is -0.115. The number of nitrogens with two attached hydrogens (primary N) is 1. The Labute approximate surface area is 94.2 Å². The van der Waals surface area contributed by atoms with E-state index in [1.807, 2.05) is 0 Å². The molecule has 15 heavy (non-hydrogen) atoms. The summed E-state index contributed by atoms with van der Waals surface area (Å²) in [6.07, 6.45) is 2.93. The predicted octanol–water partition coefficient (Wildman–Crippen LogP) is 2.55. The summed E-state index contributed by atoms with van der Waals surface area (Å²) in [5, 5.41) is 10.7. The van der Waals surface area contributed by atoms with Crippen molar-refractivity contribution in [3.05, 3.63) is 0 Å². The third kappa shape index (κ3) is 2.94. The molecule has 0 saturated heterocycles. The second kappa shape index (κ2) is 3.74. The molecule has 90 valence electrons. The number of aliphatic hydroxyl groups is 1. The Morgan fingerprint density at radius 1 is 1.07 bits per heavy atom. The van der Waals surface area contributed by atoms with Gasteiger partial charge in [0, 0.05) is 0 Å². The van der Waals surface area contributed by atoms with Crippen molar-refractivity contribution in [2.45, 2.75) is 59.5 Å². The summed E-state index contributed by atoms with van der Waals surface area (Å²) in [7, 11) is 0. The third-order valence-electron chi connectivity index (χ3n) is 3.80. The molecule has 0 aliphatic heterocycles. The molecule has 0 amide bonds. The van der Waals surface area contributed by atoms with E-state index < -0.39 is 5.60 Å². The van der Waals surface area contributed by atoms with Gasteiger partial charge in [0.15, 0.2) is 0 Å². The van der Waals surface area contributed by atoms with Crippen LogP contribution in [0.25, 0.3) is 0 Å². The van der Waals surface area contributed by atoms with Gasteiger partial charge in [0.1, 0.15) is 0 Å². The van der Waals surface area contributed by atoms with Gasteiger partial charge < -0.3 is 10.8 Å². The maximum atomic E-state index is 10.7. The lowest BCUT2D eigenvalue weighted by Gasteiger charge is -2.51. The van der Waals surface area contributed by atoms with Crippen LogP contribution < -0.4 is 5.73 Å². The average molecular weight is 213 g/mol. The first-order valence-corrected chi connectivity index (χ1v) is 6.03. The van der Waals surface area contributed by atoms with Crippen LogP contribution in [0.1, 0.15) is 53.9 Å². The SMILES string of the molecule is CC(CN)C1(O)CC(C)(C)CC(C)(C)C1. The van der Waals surface area contributed by atoms with E-state index in [1.54, 1.807) is 0 Å². The van der Waals surface area contributed by atoms with Gasteiger partial charge in [-0.25, -0.2) is 0 Å². The molecular weight excluding hydrogens is 186 g/mol. The van der Waals surface area contributed by atoms with Crippen LogP contribution in [0.5, 0.6) is 0 Å². The van der Waals surface area contributed by atoms with E-state index in [4.69, 9.17) is 5.73 Å². The minimum Gasteiger partial charge on any atom is -0.390 e. The normalized spacial score (nSPS) is 29.8. The van der Waals surface area contributed by atoms with E-state index in [0.29, 0.717) is 6.54 Å². The highest BCUT2D eigenvalue weighted by molar-refractivity contribution is 5.00.